The molecule has 2 heterocycles. The number of nitrogens with one attached hydrogen (secondary N) is 1. The third-order valence-corrected chi connectivity index (χ3v) is 4.60. The molecule has 1 N–H and O–H groups in total. The summed E-state index contributed by atoms with van der Waals surface area (Å²) >= 11 is 1.60. The summed E-state index contributed by atoms with van der Waals surface area (Å²) in [4.78, 5) is 22.6. The highest BCUT2D eigenvalue weighted by Crippen LogP contribution is 2.27. The molecule has 0 bridgehead atoms. The van der Waals surface area contributed by atoms with E-state index in [4.69, 9.17) is 0 Å². The van der Waals surface area contributed by atoms with E-state index in [9.17, 15) is 4.79 Å². The van der Waals surface area contributed by atoms with E-state index in [-0.39, 0.29) is 5.91 Å². The van der Waals surface area contributed by atoms with Crippen molar-refractivity contribution in [3.63, 3.8) is 0 Å². The van der Waals surface area contributed by atoms with Crippen molar-refractivity contribution in [3.05, 3.63) is 47.6 Å². The van der Waals surface area contributed by atoms with Gasteiger partial charge in [0.2, 0.25) is 0 Å². The number of hydrogen-bond acceptors (Lipinski definition) is 5. The van der Waals surface area contributed by atoms with Crippen LogP contribution in [0, 0.1) is 0 Å². The number of carbonyl (C=O) groups is 1. The Balaban J connectivity index is 1.80. The molecule has 1 aromatic carbocycles. The molecule has 0 aliphatic heterocycles. The van der Waals surface area contributed by atoms with Crippen molar-refractivity contribution in [2.24, 2.45) is 0 Å². The van der Waals surface area contributed by atoms with E-state index in [2.05, 4.69) is 15.3 Å². The van der Waals surface area contributed by atoms with Gasteiger partial charge in [0.05, 0.1) is 10.2 Å². The summed E-state index contributed by atoms with van der Waals surface area (Å²) in [7, 11) is 0. The number of hydrogen-bond donors (Lipinski definition) is 1. The van der Waals surface area contributed by atoms with Gasteiger partial charge in [-0.1, -0.05) is 0 Å². The average Bonchev–Trinajstić information content (AvgIpc) is 3.06. The fourth-order valence-corrected chi connectivity index (χ4v) is 3.19. The highest BCUT2D eigenvalue weighted by Gasteiger charge is 2.12. The van der Waals surface area contributed by atoms with E-state index in [1.54, 1.807) is 17.7 Å². The molecule has 0 saturated carbocycles. The first-order valence-electron chi connectivity index (χ1n) is 7.57. The lowest BCUT2D eigenvalue weighted by Crippen LogP contribution is -2.30. The standard InChI is InChI=1S/C17H18N4OS/c1-3-21(4-2)17(22)12-5-7-13(8-6-12)20-16-15-14(9-10-23-15)18-11-19-16/h5-11H,3-4H2,1-2H3,(H,18,19,20). The molecule has 5 nitrogen and oxygen atoms in total. The van der Waals surface area contributed by atoms with Crippen LogP contribution in [-0.4, -0.2) is 33.9 Å². The van der Waals surface area contributed by atoms with Crippen LogP contribution in [0.2, 0.25) is 0 Å². The van der Waals surface area contributed by atoms with Crippen molar-refractivity contribution in [3.8, 4) is 0 Å². The molecule has 3 aromatic rings. The van der Waals surface area contributed by atoms with E-state index in [1.165, 1.54) is 0 Å². The molecular formula is C17H18N4OS. The zero-order valence-corrected chi connectivity index (χ0v) is 13.9. The molecule has 2 aromatic heterocycles. The second-order valence-corrected chi connectivity index (χ2v) is 5.95. The molecule has 0 radical (unpaired) electrons. The van der Waals surface area contributed by atoms with Crippen LogP contribution < -0.4 is 5.32 Å². The Morgan fingerprint density at radius 1 is 1.13 bits per heavy atom. The first-order chi connectivity index (χ1) is 11.2. The number of anilines is 2. The summed E-state index contributed by atoms with van der Waals surface area (Å²) < 4.78 is 1.02. The molecule has 0 spiro atoms. The molecular weight excluding hydrogens is 308 g/mol. The van der Waals surface area contributed by atoms with Gasteiger partial charge < -0.3 is 10.2 Å². The van der Waals surface area contributed by atoms with E-state index < -0.39 is 0 Å². The van der Waals surface area contributed by atoms with Crippen LogP contribution in [0.3, 0.4) is 0 Å². The highest BCUT2D eigenvalue weighted by atomic mass is 32.1. The zero-order valence-electron chi connectivity index (χ0n) is 13.1. The Morgan fingerprint density at radius 3 is 2.57 bits per heavy atom. The summed E-state index contributed by atoms with van der Waals surface area (Å²) in [6, 6.07) is 9.46. The summed E-state index contributed by atoms with van der Waals surface area (Å²) in [6.45, 7) is 5.40. The normalized spacial score (nSPS) is 10.7. The second kappa shape index (κ2) is 6.75. The zero-order chi connectivity index (χ0) is 16.2. The molecule has 0 saturated heterocycles. The molecule has 0 fully saturated rings. The van der Waals surface area contributed by atoms with Gasteiger partial charge in [0, 0.05) is 24.3 Å². The van der Waals surface area contributed by atoms with Crippen LogP contribution in [0.1, 0.15) is 24.2 Å². The Kier molecular flexibility index (Phi) is 4.52. The van der Waals surface area contributed by atoms with Crippen LogP contribution in [0.25, 0.3) is 10.2 Å². The molecule has 1 amide bonds. The quantitative estimate of drug-likeness (QED) is 0.772. The van der Waals surface area contributed by atoms with Crippen LogP contribution in [0.4, 0.5) is 11.5 Å². The first kappa shape index (κ1) is 15.4. The van der Waals surface area contributed by atoms with Crippen molar-refractivity contribution in [2.45, 2.75) is 13.8 Å². The second-order valence-electron chi connectivity index (χ2n) is 5.04. The lowest BCUT2D eigenvalue weighted by Gasteiger charge is -2.18. The lowest BCUT2D eigenvalue weighted by molar-refractivity contribution is 0.0773. The predicted octanol–water partition coefficient (Wildman–Crippen LogP) is 3.92. The molecule has 118 valence electrons. The van der Waals surface area contributed by atoms with Crippen LogP contribution in [0.15, 0.2) is 42.0 Å². The fraction of sp³-hybridized carbons (Fsp3) is 0.235. The van der Waals surface area contributed by atoms with Gasteiger partial charge in [-0.05, 0) is 49.6 Å². The SMILES string of the molecule is CCN(CC)C(=O)c1ccc(Nc2ncnc3ccsc23)cc1. The van der Waals surface area contributed by atoms with Crippen molar-refractivity contribution in [2.75, 3.05) is 18.4 Å². The molecule has 0 unspecified atom stereocenters. The van der Waals surface area contributed by atoms with Crippen molar-refractivity contribution >= 4 is 39.0 Å². The highest BCUT2D eigenvalue weighted by molar-refractivity contribution is 7.17. The van der Waals surface area contributed by atoms with Crippen LogP contribution >= 0.6 is 11.3 Å². The maximum absolute atomic E-state index is 12.3. The number of aromatic nitrogens is 2. The van der Waals surface area contributed by atoms with Gasteiger partial charge in [-0.3, -0.25) is 4.79 Å². The number of thiophene rings is 1. The number of carbonyl (C=O) groups excluding carboxylic acids is 1. The largest absolute Gasteiger partial charge is 0.339 e. The van der Waals surface area contributed by atoms with E-state index in [1.807, 2.05) is 54.5 Å². The molecule has 6 heteroatoms. The van der Waals surface area contributed by atoms with E-state index >= 15 is 0 Å². The van der Waals surface area contributed by atoms with Crippen molar-refractivity contribution in [1.82, 2.24) is 14.9 Å². The first-order valence-corrected chi connectivity index (χ1v) is 8.45. The Morgan fingerprint density at radius 2 is 1.87 bits per heavy atom. The summed E-state index contributed by atoms with van der Waals surface area (Å²) in [5.41, 5.74) is 2.53. The number of rotatable bonds is 5. The maximum atomic E-state index is 12.3. The lowest BCUT2D eigenvalue weighted by atomic mass is 10.1. The van der Waals surface area contributed by atoms with Gasteiger partial charge in [-0.25, -0.2) is 9.97 Å². The molecule has 0 aliphatic rings. The summed E-state index contributed by atoms with van der Waals surface area (Å²) in [6.07, 6.45) is 1.55. The smallest absolute Gasteiger partial charge is 0.253 e. The monoisotopic (exact) mass is 326 g/mol. The van der Waals surface area contributed by atoms with Gasteiger partial charge in [0.25, 0.3) is 5.91 Å². The van der Waals surface area contributed by atoms with E-state index in [0.717, 1.165) is 21.7 Å². The van der Waals surface area contributed by atoms with Crippen LogP contribution in [-0.2, 0) is 0 Å². The molecule has 0 aliphatic carbocycles. The van der Waals surface area contributed by atoms with Gasteiger partial charge >= 0.3 is 0 Å². The minimum atomic E-state index is 0.0595. The van der Waals surface area contributed by atoms with Gasteiger partial charge in [-0.2, -0.15) is 0 Å². The fourth-order valence-electron chi connectivity index (χ4n) is 2.40. The predicted molar refractivity (Wildman–Crippen MR) is 94.4 cm³/mol. The minimum absolute atomic E-state index is 0.0595. The number of amides is 1. The Bertz CT molecular complexity index is 809. The third kappa shape index (κ3) is 3.17. The number of nitrogens with zero attached hydrogens (tertiary/aromatic N) is 3. The number of fused-ring (bicyclic) bond motifs is 1. The molecule has 0 atom stereocenters. The van der Waals surface area contributed by atoms with Crippen molar-refractivity contribution in [1.29, 1.82) is 0 Å². The van der Waals surface area contributed by atoms with Crippen molar-refractivity contribution < 1.29 is 4.79 Å². The van der Waals surface area contributed by atoms with Gasteiger partial charge in [0.1, 0.15) is 6.33 Å². The summed E-state index contributed by atoms with van der Waals surface area (Å²) in [5, 5.41) is 5.29. The summed E-state index contributed by atoms with van der Waals surface area (Å²) in [5.74, 6) is 0.844. The minimum Gasteiger partial charge on any atom is -0.339 e. The molecule has 23 heavy (non-hydrogen) atoms. The molecule has 3 rings (SSSR count). The topological polar surface area (TPSA) is 58.1 Å². The Hall–Kier alpha value is -2.47. The van der Waals surface area contributed by atoms with Gasteiger partial charge in [-0.15, -0.1) is 11.3 Å². The number of benzene rings is 1. The maximum Gasteiger partial charge on any atom is 0.253 e. The van der Waals surface area contributed by atoms with Gasteiger partial charge in [0.15, 0.2) is 5.82 Å². The average molecular weight is 326 g/mol. The Labute approximate surface area is 139 Å². The third-order valence-electron chi connectivity index (χ3n) is 3.69. The van der Waals surface area contributed by atoms with E-state index in [0.29, 0.717) is 18.7 Å². The van der Waals surface area contributed by atoms with Crippen LogP contribution in [0.5, 0.6) is 0 Å².